The fraction of sp³-hybridized carbons (Fsp3) is 0.538. The molecule has 1 heterocycles. The normalized spacial score (nSPS) is 20.2. The highest BCUT2D eigenvalue weighted by atomic mass is 19.1. The van der Waals surface area contributed by atoms with Crippen LogP contribution in [-0.2, 0) is 4.74 Å². The smallest absolute Gasteiger partial charge is 0.125 e. The van der Waals surface area contributed by atoms with Gasteiger partial charge in [0.2, 0.25) is 0 Å². The molecule has 2 rings (SSSR count). The Balaban J connectivity index is 2.00. The average molecular weight is 238 g/mol. The number of nitrogens with zero attached hydrogens (tertiary/aromatic N) is 1. The largest absolute Gasteiger partial charge is 0.397 e. The highest BCUT2D eigenvalue weighted by molar-refractivity contribution is 5.67. The lowest BCUT2D eigenvalue weighted by molar-refractivity contribution is 0.0576. The quantitative estimate of drug-likeness (QED) is 0.821. The third kappa shape index (κ3) is 3.09. The predicted octanol–water partition coefficient (Wildman–Crippen LogP) is 2.27. The Morgan fingerprint density at radius 3 is 3.00 bits per heavy atom. The van der Waals surface area contributed by atoms with Gasteiger partial charge in [-0.1, -0.05) is 0 Å². The van der Waals surface area contributed by atoms with Gasteiger partial charge in [-0.3, -0.25) is 0 Å². The standard InChI is InChI=1S/C13H19FN2O/c1-16(8-10-3-2-6-17-9-10)13-5-4-11(14)7-12(13)15/h4-5,7,10H,2-3,6,8-9,15H2,1H3. The molecule has 0 saturated carbocycles. The average Bonchev–Trinajstić information content (AvgIpc) is 2.30. The molecule has 17 heavy (non-hydrogen) atoms. The van der Waals surface area contributed by atoms with Crippen molar-refractivity contribution in [2.75, 3.05) is 37.4 Å². The molecule has 1 aliphatic heterocycles. The van der Waals surface area contributed by atoms with Gasteiger partial charge in [-0.2, -0.15) is 0 Å². The minimum Gasteiger partial charge on any atom is -0.397 e. The first-order valence-electron chi connectivity index (χ1n) is 6.00. The Morgan fingerprint density at radius 1 is 1.53 bits per heavy atom. The first kappa shape index (κ1) is 12.2. The molecule has 3 nitrogen and oxygen atoms in total. The maximum absolute atomic E-state index is 13.0. The summed E-state index contributed by atoms with van der Waals surface area (Å²) in [5.74, 6) is 0.249. The van der Waals surface area contributed by atoms with E-state index in [9.17, 15) is 4.39 Å². The Bertz CT molecular complexity index is 378. The number of hydrogen-bond donors (Lipinski definition) is 1. The molecule has 1 aliphatic rings. The number of halogens is 1. The van der Waals surface area contributed by atoms with Crippen molar-refractivity contribution >= 4 is 11.4 Å². The van der Waals surface area contributed by atoms with Gasteiger partial charge in [-0.15, -0.1) is 0 Å². The summed E-state index contributed by atoms with van der Waals surface area (Å²) < 4.78 is 18.4. The molecular formula is C13H19FN2O. The highest BCUT2D eigenvalue weighted by Crippen LogP contribution is 2.25. The summed E-state index contributed by atoms with van der Waals surface area (Å²) in [5.41, 5.74) is 7.19. The van der Waals surface area contributed by atoms with Crippen LogP contribution in [0.25, 0.3) is 0 Å². The molecule has 0 amide bonds. The van der Waals surface area contributed by atoms with Crippen molar-refractivity contribution in [1.82, 2.24) is 0 Å². The summed E-state index contributed by atoms with van der Waals surface area (Å²) in [4.78, 5) is 2.08. The molecule has 1 aromatic carbocycles. The van der Waals surface area contributed by atoms with E-state index >= 15 is 0 Å². The van der Waals surface area contributed by atoms with E-state index in [2.05, 4.69) is 4.90 Å². The van der Waals surface area contributed by atoms with Gasteiger partial charge in [-0.05, 0) is 37.0 Å². The van der Waals surface area contributed by atoms with Gasteiger partial charge in [0.05, 0.1) is 18.0 Å². The summed E-state index contributed by atoms with van der Waals surface area (Å²) in [6.45, 7) is 2.58. The predicted molar refractivity (Wildman–Crippen MR) is 67.6 cm³/mol. The minimum atomic E-state index is -0.291. The van der Waals surface area contributed by atoms with Crippen LogP contribution in [0, 0.1) is 11.7 Å². The van der Waals surface area contributed by atoms with Crippen molar-refractivity contribution < 1.29 is 9.13 Å². The molecule has 1 atom stereocenters. The van der Waals surface area contributed by atoms with Crippen LogP contribution in [0.4, 0.5) is 15.8 Å². The second-order valence-electron chi connectivity index (χ2n) is 4.67. The van der Waals surface area contributed by atoms with E-state index in [4.69, 9.17) is 10.5 Å². The zero-order chi connectivity index (χ0) is 12.3. The highest BCUT2D eigenvalue weighted by Gasteiger charge is 2.17. The second-order valence-corrected chi connectivity index (χ2v) is 4.67. The van der Waals surface area contributed by atoms with Gasteiger partial charge in [0.1, 0.15) is 5.82 Å². The molecule has 94 valence electrons. The molecule has 4 heteroatoms. The molecule has 1 unspecified atom stereocenters. The molecule has 0 radical (unpaired) electrons. The zero-order valence-corrected chi connectivity index (χ0v) is 10.2. The monoisotopic (exact) mass is 238 g/mol. The summed E-state index contributed by atoms with van der Waals surface area (Å²) in [7, 11) is 1.98. The molecular weight excluding hydrogens is 219 g/mol. The number of nitrogen functional groups attached to an aromatic ring is 1. The molecule has 0 aromatic heterocycles. The number of ether oxygens (including phenoxy) is 1. The van der Waals surface area contributed by atoms with Crippen LogP contribution in [0.15, 0.2) is 18.2 Å². The summed E-state index contributed by atoms with van der Waals surface area (Å²) >= 11 is 0. The minimum absolute atomic E-state index is 0.291. The Kier molecular flexibility index (Phi) is 3.84. The first-order valence-corrected chi connectivity index (χ1v) is 6.00. The summed E-state index contributed by atoms with van der Waals surface area (Å²) in [6, 6.07) is 4.54. The van der Waals surface area contributed by atoms with E-state index in [1.807, 2.05) is 7.05 Å². The van der Waals surface area contributed by atoms with Crippen molar-refractivity contribution in [3.63, 3.8) is 0 Å². The van der Waals surface area contributed by atoms with Crippen LogP contribution in [0.1, 0.15) is 12.8 Å². The first-order chi connectivity index (χ1) is 8.16. The van der Waals surface area contributed by atoms with Crippen LogP contribution in [-0.4, -0.2) is 26.8 Å². The van der Waals surface area contributed by atoms with Gasteiger partial charge < -0.3 is 15.4 Å². The van der Waals surface area contributed by atoms with E-state index < -0.39 is 0 Å². The van der Waals surface area contributed by atoms with Crippen molar-refractivity contribution in [3.8, 4) is 0 Å². The lowest BCUT2D eigenvalue weighted by atomic mass is 10.0. The maximum Gasteiger partial charge on any atom is 0.125 e. The van der Waals surface area contributed by atoms with E-state index in [1.54, 1.807) is 6.07 Å². The van der Waals surface area contributed by atoms with Gasteiger partial charge in [0.25, 0.3) is 0 Å². The Morgan fingerprint density at radius 2 is 2.35 bits per heavy atom. The van der Waals surface area contributed by atoms with Crippen LogP contribution in [0.5, 0.6) is 0 Å². The number of hydrogen-bond acceptors (Lipinski definition) is 3. The Labute approximate surface area is 101 Å². The van der Waals surface area contributed by atoms with E-state index in [-0.39, 0.29) is 5.82 Å². The van der Waals surface area contributed by atoms with Crippen LogP contribution in [0.2, 0.25) is 0 Å². The molecule has 0 bridgehead atoms. The fourth-order valence-corrected chi connectivity index (χ4v) is 2.31. The lowest BCUT2D eigenvalue weighted by Gasteiger charge is -2.29. The maximum atomic E-state index is 13.0. The molecule has 0 aliphatic carbocycles. The SMILES string of the molecule is CN(CC1CCCOC1)c1ccc(F)cc1N. The summed E-state index contributed by atoms with van der Waals surface area (Å²) in [5, 5.41) is 0. The third-order valence-corrected chi connectivity index (χ3v) is 3.19. The van der Waals surface area contributed by atoms with E-state index in [0.29, 0.717) is 11.6 Å². The molecule has 1 fully saturated rings. The van der Waals surface area contributed by atoms with Gasteiger partial charge >= 0.3 is 0 Å². The number of nitrogens with two attached hydrogens (primary N) is 1. The van der Waals surface area contributed by atoms with Crippen molar-refractivity contribution in [1.29, 1.82) is 0 Å². The number of rotatable bonds is 3. The van der Waals surface area contributed by atoms with Gasteiger partial charge in [0.15, 0.2) is 0 Å². The van der Waals surface area contributed by atoms with E-state index in [0.717, 1.165) is 31.9 Å². The van der Waals surface area contributed by atoms with Crippen molar-refractivity contribution in [2.24, 2.45) is 5.92 Å². The molecule has 2 N–H and O–H groups in total. The van der Waals surface area contributed by atoms with E-state index in [1.165, 1.54) is 18.6 Å². The van der Waals surface area contributed by atoms with Crippen LogP contribution >= 0.6 is 0 Å². The lowest BCUT2D eigenvalue weighted by Crippen LogP contribution is -2.31. The zero-order valence-electron chi connectivity index (χ0n) is 10.2. The third-order valence-electron chi connectivity index (χ3n) is 3.19. The molecule has 1 saturated heterocycles. The number of benzene rings is 1. The van der Waals surface area contributed by atoms with Crippen LogP contribution < -0.4 is 10.6 Å². The summed E-state index contributed by atoms with van der Waals surface area (Å²) in [6.07, 6.45) is 2.31. The molecule has 1 aromatic rings. The number of anilines is 2. The fourth-order valence-electron chi connectivity index (χ4n) is 2.31. The van der Waals surface area contributed by atoms with Crippen molar-refractivity contribution in [2.45, 2.75) is 12.8 Å². The second kappa shape index (κ2) is 5.36. The topological polar surface area (TPSA) is 38.5 Å². The molecule has 0 spiro atoms. The van der Waals surface area contributed by atoms with Crippen molar-refractivity contribution in [3.05, 3.63) is 24.0 Å². The van der Waals surface area contributed by atoms with Gasteiger partial charge in [-0.25, -0.2) is 4.39 Å². The van der Waals surface area contributed by atoms with Crippen LogP contribution in [0.3, 0.4) is 0 Å². The van der Waals surface area contributed by atoms with Gasteiger partial charge in [0, 0.05) is 20.2 Å². The Hall–Kier alpha value is -1.29.